The Labute approximate surface area is 165 Å². The molecule has 3 rings (SSSR count). The molecule has 28 heavy (non-hydrogen) atoms. The summed E-state index contributed by atoms with van der Waals surface area (Å²) in [6.45, 7) is 4.41. The zero-order valence-electron chi connectivity index (χ0n) is 16.4. The molecule has 0 spiro atoms. The molecule has 4 nitrogen and oxygen atoms in total. The van der Waals surface area contributed by atoms with Crippen LogP contribution in [0.15, 0.2) is 42.5 Å². The average molecular weight is 382 g/mol. The van der Waals surface area contributed by atoms with Gasteiger partial charge in [-0.1, -0.05) is 29.8 Å². The second-order valence-corrected chi connectivity index (χ2v) is 7.70. The Morgan fingerprint density at radius 2 is 1.54 bits per heavy atom. The highest BCUT2D eigenvalue weighted by atomic mass is 19.1. The number of aryl methyl sites for hydroxylation is 2. The molecule has 0 saturated heterocycles. The van der Waals surface area contributed by atoms with Crippen molar-refractivity contribution in [3.05, 3.63) is 65.0 Å². The average Bonchev–Trinajstić information content (AvgIpc) is 2.69. The lowest BCUT2D eigenvalue weighted by molar-refractivity contribution is -0.128. The van der Waals surface area contributed by atoms with E-state index < -0.39 is 0 Å². The van der Waals surface area contributed by atoms with Crippen molar-refractivity contribution >= 4 is 17.5 Å². The Hall–Kier alpha value is -2.69. The van der Waals surface area contributed by atoms with Gasteiger partial charge in [0.2, 0.25) is 11.8 Å². The van der Waals surface area contributed by atoms with Crippen LogP contribution in [0.3, 0.4) is 0 Å². The second-order valence-electron chi connectivity index (χ2n) is 7.70. The van der Waals surface area contributed by atoms with Crippen LogP contribution in [-0.2, 0) is 16.1 Å². The summed E-state index contributed by atoms with van der Waals surface area (Å²) in [6, 6.07) is 12.1. The van der Waals surface area contributed by atoms with E-state index in [-0.39, 0.29) is 29.5 Å². The summed E-state index contributed by atoms with van der Waals surface area (Å²) in [5.74, 6) is -0.352. The molecule has 0 aliphatic heterocycles. The molecule has 5 heteroatoms. The Morgan fingerprint density at radius 3 is 2.14 bits per heavy atom. The number of anilines is 1. The summed E-state index contributed by atoms with van der Waals surface area (Å²) in [6.07, 6.45) is 2.84. The minimum absolute atomic E-state index is 0.0116. The molecule has 0 bridgehead atoms. The Bertz CT molecular complexity index is 840. The number of carbonyl (C=O) groups excluding carboxylic acids is 2. The largest absolute Gasteiger partial charge is 0.352 e. The fraction of sp³-hybridized carbons (Fsp3) is 0.391. The van der Waals surface area contributed by atoms with Gasteiger partial charge in [0, 0.05) is 24.1 Å². The number of halogens is 1. The number of hydrogen-bond acceptors (Lipinski definition) is 2. The van der Waals surface area contributed by atoms with Gasteiger partial charge in [-0.25, -0.2) is 4.39 Å². The van der Waals surface area contributed by atoms with Crippen LogP contribution in [0.2, 0.25) is 0 Å². The van der Waals surface area contributed by atoms with Crippen LogP contribution >= 0.6 is 0 Å². The van der Waals surface area contributed by atoms with Gasteiger partial charge < -0.3 is 10.6 Å². The van der Waals surface area contributed by atoms with Gasteiger partial charge >= 0.3 is 0 Å². The molecule has 1 saturated carbocycles. The predicted octanol–water partition coefficient (Wildman–Crippen LogP) is 4.50. The number of carbonyl (C=O) groups is 2. The van der Waals surface area contributed by atoms with Crippen molar-refractivity contribution in [3.63, 3.8) is 0 Å². The van der Waals surface area contributed by atoms with E-state index in [4.69, 9.17) is 0 Å². The number of nitrogens with one attached hydrogen (secondary N) is 2. The number of hydrogen-bond donors (Lipinski definition) is 2. The van der Waals surface area contributed by atoms with Crippen molar-refractivity contribution in [2.45, 2.75) is 46.1 Å². The van der Waals surface area contributed by atoms with Crippen LogP contribution in [0.1, 0.15) is 42.4 Å². The molecular weight excluding hydrogens is 355 g/mol. The van der Waals surface area contributed by atoms with Crippen molar-refractivity contribution in [2.75, 3.05) is 5.32 Å². The Morgan fingerprint density at radius 1 is 0.929 bits per heavy atom. The number of rotatable bonds is 5. The highest BCUT2D eigenvalue weighted by Crippen LogP contribution is 2.30. The topological polar surface area (TPSA) is 58.2 Å². The third-order valence-corrected chi connectivity index (χ3v) is 5.49. The maximum Gasteiger partial charge on any atom is 0.227 e. The molecule has 1 aliphatic carbocycles. The quantitative estimate of drug-likeness (QED) is 0.800. The van der Waals surface area contributed by atoms with Crippen molar-refractivity contribution in [2.24, 2.45) is 11.8 Å². The zero-order chi connectivity index (χ0) is 20.1. The van der Waals surface area contributed by atoms with Gasteiger partial charge in [-0.2, -0.15) is 0 Å². The monoisotopic (exact) mass is 382 g/mol. The lowest BCUT2D eigenvalue weighted by atomic mass is 9.81. The first-order valence-corrected chi connectivity index (χ1v) is 9.82. The van der Waals surface area contributed by atoms with Crippen molar-refractivity contribution in [3.8, 4) is 0 Å². The maximum atomic E-state index is 12.9. The first kappa shape index (κ1) is 20.1. The maximum absolute atomic E-state index is 12.9. The summed E-state index contributed by atoms with van der Waals surface area (Å²) < 4.78 is 12.9. The van der Waals surface area contributed by atoms with E-state index in [1.165, 1.54) is 17.7 Å². The normalized spacial score (nSPS) is 19.1. The highest BCUT2D eigenvalue weighted by Gasteiger charge is 2.30. The van der Waals surface area contributed by atoms with E-state index in [0.29, 0.717) is 32.2 Å². The molecule has 0 heterocycles. The third kappa shape index (κ3) is 5.18. The highest BCUT2D eigenvalue weighted by molar-refractivity contribution is 5.93. The number of amides is 2. The van der Waals surface area contributed by atoms with E-state index in [2.05, 4.69) is 16.7 Å². The minimum Gasteiger partial charge on any atom is -0.352 e. The van der Waals surface area contributed by atoms with Crippen LogP contribution in [0.5, 0.6) is 0 Å². The summed E-state index contributed by atoms with van der Waals surface area (Å²) in [7, 11) is 0. The van der Waals surface area contributed by atoms with E-state index >= 15 is 0 Å². The Balaban J connectivity index is 1.46. The predicted molar refractivity (Wildman–Crippen MR) is 108 cm³/mol. The first-order valence-electron chi connectivity index (χ1n) is 9.82. The molecule has 0 radical (unpaired) electrons. The standard InChI is InChI=1S/C23H27FN2O2/c1-15-3-12-21(16(2)13-15)26-23(28)19-8-6-18(7-9-19)22(27)25-14-17-4-10-20(24)11-5-17/h3-5,10-13,18-19H,6-9,14H2,1-2H3,(H,25,27)(H,26,28). The van der Waals surface area contributed by atoms with E-state index in [9.17, 15) is 14.0 Å². The second kappa shape index (κ2) is 9.00. The summed E-state index contributed by atoms with van der Waals surface area (Å²) >= 11 is 0. The van der Waals surface area contributed by atoms with Crippen LogP contribution in [0.4, 0.5) is 10.1 Å². The molecule has 2 aromatic rings. The smallest absolute Gasteiger partial charge is 0.227 e. The van der Waals surface area contributed by atoms with Gasteiger partial charge in [0.1, 0.15) is 5.82 Å². The van der Waals surface area contributed by atoms with Crippen molar-refractivity contribution < 1.29 is 14.0 Å². The molecule has 148 valence electrons. The molecule has 2 amide bonds. The van der Waals surface area contributed by atoms with Gasteiger partial charge in [-0.15, -0.1) is 0 Å². The molecule has 0 unspecified atom stereocenters. The van der Waals surface area contributed by atoms with Crippen molar-refractivity contribution in [1.82, 2.24) is 5.32 Å². The van der Waals surface area contributed by atoms with Gasteiger partial charge in [0.25, 0.3) is 0 Å². The molecule has 1 fully saturated rings. The van der Waals surface area contributed by atoms with Crippen LogP contribution in [-0.4, -0.2) is 11.8 Å². The molecular formula is C23H27FN2O2. The van der Waals surface area contributed by atoms with E-state index in [1.54, 1.807) is 12.1 Å². The van der Waals surface area contributed by atoms with Gasteiger partial charge in [0.05, 0.1) is 0 Å². The molecule has 2 aromatic carbocycles. The summed E-state index contributed by atoms with van der Waals surface area (Å²) in [5.41, 5.74) is 3.95. The van der Waals surface area contributed by atoms with Gasteiger partial charge in [-0.05, 0) is 68.9 Å². The molecule has 0 aromatic heterocycles. The fourth-order valence-corrected chi connectivity index (χ4v) is 3.74. The van der Waals surface area contributed by atoms with Gasteiger partial charge in [-0.3, -0.25) is 9.59 Å². The van der Waals surface area contributed by atoms with Crippen molar-refractivity contribution in [1.29, 1.82) is 0 Å². The third-order valence-electron chi connectivity index (χ3n) is 5.49. The zero-order valence-corrected chi connectivity index (χ0v) is 16.4. The lowest BCUT2D eigenvalue weighted by Gasteiger charge is -2.27. The minimum atomic E-state index is -0.285. The SMILES string of the molecule is Cc1ccc(NC(=O)C2CCC(C(=O)NCc3ccc(F)cc3)CC2)c(C)c1. The van der Waals surface area contributed by atoms with Crippen LogP contribution in [0, 0.1) is 31.5 Å². The lowest BCUT2D eigenvalue weighted by Crippen LogP contribution is -2.35. The van der Waals surface area contributed by atoms with Crippen LogP contribution < -0.4 is 10.6 Å². The summed E-state index contributed by atoms with van der Waals surface area (Å²) in [5, 5.41) is 5.96. The molecule has 0 atom stereocenters. The molecule has 1 aliphatic rings. The van der Waals surface area contributed by atoms with Crippen LogP contribution in [0.25, 0.3) is 0 Å². The molecule has 2 N–H and O–H groups in total. The fourth-order valence-electron chi connectivity index (χ4n) is 3.74. The van der Waals surface area contributed by atoms with E-state index in [0.717, 1.165) is 16.8 Å². The van der Waals surface area contributed by atoms with E-state index in [1.807, 2.05) is 26.0 Å². The number of benzene rings is 2. The van der Waals surface area contributed by atoms with Gasteiger partial charge in [0.15, 0.2) is 0 Å². The first-order chi connectivity index (χ1) is 13.4. The Kier molecular flexibility index (Phi) is 6.45. The summed E-state index contributed by atoms with van der Waals surface area (Å²) in [4.78, 5) is 25.0.